The minimum Gasteiger partial charge on any atom is -0.465 e. The fraction of sp³-hybridized carbons (Fsp3) is 0.857. The van der Waals surface area contributed by atoms with E-state index in [1.807, 2.05) is 0 Å². The van der Waals surface area contributed by atoms with Crippen LogP contribution in [-0.2, 0) is 19.6 Å². The van der Waals surface area contributed by atoms with Gasteiger partial charge in [-0.2, -0.15) is 4.31 Å². The molecule has 82 valence electrons. The van der Waals surface area contributed by atoms with Crippen molar-refractivity contribution in [1.82, 2.24) is 4.31 Å². The van der Waals surface area contributed by atoms with E-state index in [1.54, 1.807) is 6.92 Å². The molecule has 0 bridgehead atoms. The normalized spacial score (nSPS) is 19.0. The van der Waals surface area contributed by atoms with Crippen molar-refractivity contribution in [3.63, 3.8) is 0 Å². The molecule has 1 saturated heterocycles. The molecule has 0 amide bonds. The highest BCUT2D eigenvalue weighted by Gasteiger charge is 2.35. The molecule has 0 saturated carbocycles. The van der Waals surface area contributed by atoms with Crippen LogP contribution in [0.3, 0.4) is 0 Å². The first-order valence-corrected chi connectivity index (χ1v) is 5.95. The van der Waals surface area contributed by atoms with E-state index < -0.39 is 21.7 Å². The molecular weight excluding hydrogens is 208 g/mol. The van der Waals surface area contributed by atoms with Gasteiger partial charge in [-0.1, -0.05) is 0 Å². The Kier molecular flexibility index (Phi) is 3.46. The zero-order valence-electron chi connectivity index (χ0n) is 7.97. The van der Waals surface area contributed by atoms with Crippen LogP contribution in [0, 0.1) is 0 Å². The first-order valence-electron chi connectivity index (χ1n) is 4.34. The van der Waals surface area contributed by atoms with Crippen LogP contribution in [-0.4, -0.2) is 50.2 Å². The highest BCUT2D eigenvalue weighted by molar-refractivity contribution is 7.89. The number of nitrogens with zero attached hydrogens (tertiary/aromatic N) is 1. The minimum atomic E-state index is -3.50. The summed E-state index contributed by atoms with van der Waals surface area (Å²) in [5.74, 6) is -1.30. The Hall–Kier alpha value is -0.660. The molecule has 1 rings (SSSR count). The van der Waals surface area contributed by atoms with Crippen LogP contribution < -0.4 is 5.73 Å². The molecule has 0 unspecified atom stereocenters. The third-order valence-corrected chi connectivity index (χ3v) is 3.56. The van der Waals surface area contributed by atoms with Gasteiger partial charge in [0, 0.05) is 19.1 Å². The second-order valence-electron chi connectivity index (χ2n) is 3.14. The van der Waals surface area contributed by atoms with Gasteiger partial charge in [-0.25, -0.2) is 8.42 Å². The Balaban J connectivity index is 2.46. The number of sulfonamides is 1. The van der Waals surface area contributed by atoms with E-state index in [2.05, 4.69) is 4.74 Å². The number of carbonyl (C=O) groups excluding carboxylic acids is 1. The van der Waals surface area contributed by atoms with Crippen LogP contribution in [0.2, 0.25) is 0 Å². The van der Waals surface area contributed by atoms with Gasteiger partial charge in [0.1, 0.15) is 0 Å². The number of esters is 1. The Morgan fingerprint density at radius 2 is 2.14 bits per heavy atom. The van der Waals surface area contributed by atoms with Crippen molar-refractivity contribution < 1.29 is 17.9 Å². The summed E-state index contributed by atoms with van der Waals surface area (Å²) >= 11 is 0. The maximum Gasteiger partial charge on any atom is 0.322 e. The van der Waals surface area contributed by atoms with Gasteiger partial charge < -0.3 is 10.5 Å². The molecule has 0 aromatic carbocycles. The zero-order chi connectivity index (χ0) is 10.8. The van der Waals surface area contributed by atoms with Gasteiger partial charge in [0.05, 0.1) is 6.61 Å². The Labute approximate surface area is 83.1 Å². The summed E-state index contributed by atoms with van der Waals surface area (Å²) in [6, 6.07) is -0.105. The molecule has 6 nitrogen and oxygen atoms in total. The van der Waals surface area contributed by atoms with Crippen molar-refractivity contribution in [3.05, 3.63) is 0 Å². The van der Waals surface area contributed by atoms with Gasteiger partial charge in [0.25, 0.3) is 0 Å². The van der Waals surface area contributed by atoms with Crippen LogP contribution >= 0.6 is 0 Å². The van der Waals surface area contributed by atoms with Crippen molar-refractivity contribution in [1.29, 1.82) is 0 Å². The van der Waals surface area contributed by atoms with Crippen molar-refractivity contribution in [2.75, 3.05) is 25.4 Å². The van der Waals surface area contributed by atoms with Gasteiger partial charge in [0.2, 0.25) is 10.0 Å². The Bertz CT molecular complexity index is 308. The van der Waals surface area contributed by atoms with Gasteiger partial charge in [0.15, 0.2) is 5.75 Å². The van der Waals surface area contributed by atoms with Crippen molar-refractivity contribution >= 4 is 16.0 Å². The number of rotatable bonds is 4. The lowest BCUT2D eigenvalue weighted by molar-refractivity contribution is -0.140. The second-order valence-corrected chi connectivity index (χ2v) is 5.11. The molecule has 0 radical (unpaired) electrons. The smallest absolute Gasteiger partial charge is 0.322 e. The predicted molar refractivity (Wildman–Crippen MR) is 50.0 cm³/mol. The fourth-order valence-corrected chi connectivity index (χ4v) is 2.54. The molecule has 0 spiro atoms. The fourth-order valence-electron chi connectivity index (χ4n) is 1.14. The van der Waals surface area contributed by atoms with E-state index in [9.17, 15) is 13.2 Å². The molecule has 14 heavy (non-hydrogen) atoms. The summed E-state index contributed by atoms with van der Waals surface area (Å²) in [5, 5.41) is 0. The van der Waals surface area contributed by atoms with E-state index in [4.69, 9.17) is 5.73 Å². The van der Waals surface area contributed by atoms with Crippen LogP contribution in [0.1, 0.15) is 6.92 Å². The number of hydrogen-bond donors (Lipinski definition) is 1. The topological polar surface area (TPSA) is 89.7 Å². The lowest BCUT2D eigenvalue weighted by atomic mass is 10.2. The molecule has 1 heterocycles. The summed E-state index contributed by atoms with van der Waals surface area (Å²) < 4.78 is 28.6. The molecule has 0 atom stereocenters. The maximum absolute atomic E-state index is 11.4. The van der Waals surface area contributed by atoms with Crippen LogP contribution in [0.5, 0.6) is 0 Å². The Morgan fingerprint density at radius 3 is 2.57 bits per heavy atom. The average molecular weight is 222 g/mol. The van der Waals surface area contributed by atoms with Crippen molar-refractivity contribution in [3.8, 4) is 0 Å². The first kappa shape index (κ1) is 11.4. The van der Waals surface area contributed by atoms with E-state index in [0.29, 0.717) is 13.1 Å². The van der Waals surface area contributed by atoms with Crippen molar-refractivity contribution in [2.45, 2.75) is 13.0 Å². The molecular formula is C7H14N2O4S. The summed E-state index contributed by atoms with van der Waals surface area (Å²) in [6.45, 7) is 2.40. The minimum absolute atomic E-state index is 0.105. The van der Waals surface area contributed by atoms with Crippen LogP contribution in [0.15, 0.2) is 0 Å². The summed E-state index contributed by atoms with van der Waals surface area (Å²) in [7, 11) is -3.50. The van der Waals surface area contributed by atoms with E-state index in [1.165, 1.54) is 4.31 Å². The molecule has 1 aliphatic heterocycles. The molecule has 7 heteroatoms. The third-order valence-electron chi connectivity index (χ3n) is 1.88. The number of nitrogens with two attached hydrogens (primary N) is 1. The lowest BCUT2D eigenvalue weighted by Gasteiger charge is -2.35. The molecule has 0 aromatic heterocycles. The monoisotopic (exact) mass is 222 g/mol. The van der Waals surface area contributed by atoms with Gasteiger partial charge in [-0.3, -0.25) is 4.79 Å². The maximum atomic E-state index is 11.4. The van der Waals surface area contributed by atoms with Gasteiger partial charge in [-0.15, -0.1) is 0 Å². The van der Waals surface area contributed by atoms with Crippen molar-refractivity contribution in [2.24, 2.45) is 5.73 Å². The zero-order valence-corrected chi connectivity index (χ0v) is 8.79. The number of ether oxygens (including phenoxy) is 1. The van der Waals surface area contributed by atoms with Gasteiger partial charge in [-0.05, 0) is 6.92 Å². The number of hydrogen-bond acceptors (Lipinski definition) is 5. The lowest BCUT2D eigenvalue weighted by Crippen LogP contribution is -2.58. The quantitative estimate of drug-likeness (QED) is 0.586. The molecule has 0 aliphatic carbocycles. The highest BCUT2D eigenvalue weighted by Crippen LogP contribution is 2.12. The van der Waals surface area contributed by atoms with Gasteiger partial charge >= 0.3 is 5.97 Å². The molecule has 2 N–H and O–H groups in total. The predicted octanol–water partition coefficient (Wildman–Crippen LogP) is -1.48. The van der Waals surface area contributed by atoms with E-state index in [-0.39, 0.29) is 12.6 Å². The Morgan fingerprint density at radius 1 is 1.57 bits per heavy atom. The van der Waals surface area contributed by atoms with Crippen LogP contribution in [0.4, 0.5) is 0 Å². The largest absolute Gasteiger partial charge is 0.465 e. The standard InChI is InChI=1S/C7H14N2O4S/c1-2-13-7(10)5-14(11,12)9-3-6(8)4-9/h6H,2-5,8H2,1H3. The SMILES string of the molecule is CCOC(=O)CS(=O)(=O)N1CC(N)C1. The van der Waals surface area contributed by atoms with E-state index in [0.717, 1.165) is 0 Å². The second kappa shape index (κ2) is 4.24. The number of carbonyl (C=O) groups is 1. The summed E-state index contributed by atoms with van der Waals surface area (Å²) in [6.07, 6.45) is 0. The first-order chi connectivity index (χ1) is 6.45. The third kappa shape index (κ3) is 2.66. The average Bonchev–Trinajstić information content (AvgIpc) is 1.98. The van der Waals surface area contributed by atoms with E-state index >= 15 is 0 Å². The molecule has 1 fully saturated rings. The highest BCUT2D eigenvalue weighted by atomic mass is 32.2. The molecule has 1 aliphatic rings. The van der Waals surface area contributed by atoms with Crippen LogP contribution in [0.25, 0.3) is 0 Å². The summed E-state index contributed by atoms with van der Waals surface area (Å²) in [4.78, 5) is 10.9. The summed E-state index contributed by atoms with van der Waals surface area (Å²) in [5.41, 5.74) is 5.43. The molecule has 0 aromatic rings.